The molecule has 1 aromatic carbocycles. The second-order valence-electron chi connectivity index (χ2n) is 4.81. The van der Waals surface area contributed by atoms with Gasteiger partial charge in [-0.05, 0) is 44.9 Å². The van der Waals surface area contributed by atoms with Gasteiger partial charge in [0.25, 0.3) is 5.24 Å². The summed E-state index contributed by atoms with van der Waals surface area (Å²) in [5, 5.41) is -0.506. The molecule has 0 unspecified atom stereocenters. The van der Waals surface area contributed by atoms with Crippen molar-refractivity contribution in [2.24, 2.45) is 0 Å². The highest BCUT2D eigenvalue weighted by Gasteiger charge is 2.38. The Morgan fingerprint density at radius 2 is 1.77 bits per heavy atom. The third kappa shape index (κ3) is 3.55. The zero-order chi connectivity index (χ0) is 16.1. The number of carbonyl (C=O) groups is 2. The lowest BCUT2D eigenvalue weighted by Gasteiger charge is -2.14. The Hall–Kier alpha value is -1.69. The molecule has 0 aromatic heterocycles. The predicted molar refractivity (Wildman–Crippen MR) is 86.6 cm³/mol. The average Bonchev–Trinajstić information content (AvgIpc) is 2.76. The number of ether oxygens (including phenoxy) is 2. The molecule has 2 amide bonds. The summed E-state index contributed by atoms with van der Waals surface area (Å²) in [6, 6.07) is 5.66. The van der Waals surface area contributed by atoms with E-state index in [1.165, 1.54) is 4.90 Å². The van der Waals surface area contributed by atoms with Gasteiger partial charge in [0.1, 0.15) is 0 Å². The summed E-state index contributed by atoms with van der Waals surface area (Å²) in [5.74, 6) is 1.27. The number of benzene rings is 1. The monoisotopic (exact) mass is 323 g/mol. The smallest absolute Gasteiger partial charge is 0.289 e. The number of amides is 2. The van der Waals surface area contributed by atoms with E-state index in [0.717, 1.165) is 17.3 Å². The van der Waals surface area contributed by atoms with Crippen molar-refractivity contribution in [1.82, 2.24) is 4.90 Å². The van der Waals surface area contributed by atoms with Crippen LogP contribution in [0.4, 0.5) is 4.79 Å². The summed E-state index contributed by atoms with van der Waals surface area (Å²) in [6.45, 7) is 7.18. The fourth-order valence-electron chi connectivity index (χ4n) is 2.35. The molecule has 6 heteroatoms. The molecule has 22 heavy (non-hydrogen) atoms. The third-order valence-corrected chi connectivity index (χ3v) is 4.42. The fraction of sp³-hybridized carbons (Fsp3) is 0.500. The van der Waals surface area contributed by atoms with Gasteiger partial charge in [0.05, 0.1) is 18.5 Å². The molecule has 0 bridgehead atoms. The Bertz CT molecular complexity index is 561. The molecule has 1 heterocycles. The highest BCUT2D eigenvalue weighted by molar-refractivity contribution is 8.15. The Kier molecular flexibility index (Phi) is 5.71. The summed E-state index contributed by atoms with van der Waals surface area (Å²) in [7, 11) is 0. The molecule has 0 saturated carbocycles. The van der Waals surface area contributed by atoms with Gasteiger partial charge >= 0.3 is 0 Å². The van der Waals surface area contributed by atoms with Crippen molar-refractivity contribution in [1.29, 1.82) is 0 Å². The van der Waals surface area contributed by atoms with Crippen molar-refractivity contribution in [3.63, 3.8) is 0 Å². The quantitative estimate of drug-likeness (QED) is 0.772. The molecule has 1 aliphatic rings. The van der Waals surface area contributed by atoms with Gasteiger partial charge < -0.3 is 9.47 Å². The Morgan fingerprint density at radius 3 is 2.36 bits per heavy atom. The van der Waals surface area contributed by atoms with Crippen LogP contribution in [0.25, 0.3) is 0 Å². The molecule has 0 N–H and O–H groups in total. The maximum absolute atomic E-state index is 12.2. The fourth-order valence-corrected chi connectivity index (χ4v) is 3.44. The molecular formula is C16H21NO4S. The van der Waals surface area contributed by atoms with E-state index in [-0.39, 0.29) is 16.4 Å². The van der Waals surface area contributed by atoms with Gasteiger partial charge in [-0.3, -0.25) is 14.5 Å². The number of hydrogen-bond donors (Lipinski definition) is 0. The first kappa shape index (κ1) is 16.7. The molecule has 0 aliphatic carbocycles. The van der Waals surface area contributed by atoms with Gasteiger partial charge in [-0.1, -0.05) is 17.8 Å². The summed E-state index contributed by atoms with van der Waals surface area (Å²) >= 11 is 1.10. The topological polar surface area (TPSA) is 55.8 Å². The third-order valence-electron chi connectivity index (χ3n) is 3.35. The Labute approximate surface area is 135 Å². The van der Waals surface area contributed by atoms with Crippen LogP contribution in [0.5, 0.6) is 11.5 Å². The minimum absolute atomic E-state index is 0.107. The molecule has 5 nitrogen and oxygen atoms in total. The first-order chi connectivity index (χ1) is 10.6. The molecule has 0 radical (unpaired) electrons. The largest absolute Gasteiger partial charge is 0.490 e. The summed E-state index contributed by atoms with van der Waals surface area (Å²) in [5.41, 5.74) is 0.962. The maximum atomic E-state index is 12.2. The van der Waals surface area contributed by atoms with Crippen molar-refractivity contribution >= 4 is 22.9 Å². The summed E-state index contributed by atoms with van der Waals surface area (Å²) in [6.07, 6.45) is 0.512. The Balaban J connectivity index is 2.14. The summed E-state index contributed by atoms with van der Waals surface area (Å²) in [4.78, 5) is 25.2. The SMILES string of the molecule is CCOc1ccc(C[C@H]2SC(=O)N(CC)C2=O)cc1OCC. The normalized spacial score (nSPS) is 18.0. The van der Waals surface area contributed by atoms with E-state index in [0.29, 0.717) is 37.7 Å². The maximum Gasteiger partial charge on any atom is 0.289 e. The lowest BCUT2D eigenvalue weighted by molar-refractivity contribution is -0.126. The van der Waals surface area contributed by atoms with Crippen LogP contribution < -0.4 is 9.47 Å². The molecule has 2 rings (SSSR count). The average molecular weight is 323 g/mol. The number of hydrogen-bond acceptors (Lipinski definition) is 5. The number of nitrogens with zero attached hydrogens (tertiary/aromatic N) is 1. The second kappa shape index (κ2) is 7.54. The molecule has 1 aliphatic heterocycles. The van der Waals surface area contributed by atoms with Crippen LogP contribution in [-0.2, 0) is 11.2 Å². The number of thioether (sulfide) groups is 1. The minimum Gasteiger partial charge on any atom is -0.490 e. The first-order valence-electron chi connectivity index (χ1n) is 7.51. The van der Waals surface area contributed by atoms with E-state index in [4.69, 9.17) is 9.47 Å². The predicted octanol–water partition coefficient (Wildman–Crippen LogP) is 3.11. The second-order valence-corrected chi connectivity index (χ2v) is 5.96. The molecule has 120 valence electrons. The minimum atomic E-state index is -0.347. The van der Waals surface area contributed by atoms with E-state index in [2.05, 4.69) is 0 Å². The van der Waals surface area contributed by atoms with Crippen LogP contribution in [0, 0.1) is 0 Å². The van der Waals surface area contributed by atoms with Crippen molar-refractivity contribution < 1.29 is 19.1 Å². The molecule has 1 fully saturated rings. The summed E-state index contributed by atoms with van der Waals surface area (Å²) < 4.78 is 11.1. The number of carbonyl (C=O) groups excluding carboxylic acids is 2. The van der Waals surface area contributed by atoms with Crippen LogP contribution in [0.2, 0.25) is 0 Å². The molecule has 1 atom stereocenters. The lowest BCUT2D eigenvalue weighted by Crippen LogP contribution is -2.31. The van der Waals surface area contributed by atoms with E-state index >= 15 is 0 Å². The number of rotatable bonds is 7. The van der Waals surface area contributed by atoms with Gasteiger partial charge in [-0.2, -0.15) is 0 Å². The molecule has 1 saturated heterocycles. The van der Waals surface area contributed by atoms with Gasteiger partial charge in [0.2, 0.25) is 5.91 Å². The van der Waals surface area contributed by atoms with Crippen molar-refractivity contribution in [2.75, 3.05) is 19.8 Å². The van der Waals surface area contributed by atoms with Crippen LogP contribution in [0.15, 0.2) is 18.2 Å². The van der Waals surface area contributed by atoms with Crippen molar-refractivity contribution in [3.8, 4) is 11.5 Å². The van der Waals surface area contributed by atoms with Gasteiger partial charge in [-0.25, -0.2) is 0 Å². The van der Waals surface area contributed by atoms with Crippen molar-refractivity contribution in [3.05, 3.63) is 23.8 Å². The molecule has 1 aromatic rings. The zero-order valence-electron chi connectivity index (χ0n) is 13.1. The van der Waals surface area contributed by atoms with E-state index in [9.17, 15) is 9.59 Å². The van der Waals surface area contributed by atoms with Crippen LogP contribution in [0.3, 0.4) is 0 Å². The van der Waals surface area contributed by atoms with Crippen molar-refractivity contribution in [2.45, 2.75) is 32.4 Å². The van der Waals surface area contributed by atoms with E-state index < -0.39 is 0 Å². The first-order valence-corrected chi connectivity index (χ1v) is 8.39. The van der Waals surface area contributed by atoms with Gasteiger partial charge in [-0.15, -0.1) is 0 Å². The highest BCUT2D eigenvalue weighted by Crippen LogP contribution is 2.33. The Morgan fingerprint density at radius 1 is 1.09 bits per heavy atom. The van der Waals surface area contributed by atoms with Crippen LogP contribution in [-0.4, -0.2) is 41.1 Å². The van der Waals surface area contributed by atoms with Crippen LogP contribution >= 0.6 is 11.8 Å². The lowest BCUT2D eigenvalue weighted by atomic mass is 10.1. The molecule has 0 spiro atoms. The van der Waals surface area contributed by atoms with Gasteiger partial charge in [0.15, 0.2) is 11.5 Å². The number of imide groups is 1. The van der Waals surface area contributed by atoms with E-state index in [1.807, 2.05) is 39.0 Å². The highest BCUT2D eigenvalue weighted by atomic mass is 32.2. The van der Waals surface area contributed by atoms with E-state index in [1.54, 1.807) is 0 Å². The standard InChI is InChI=1S/C16H21NO4S/c1-4-17-15(18)14(22-16(17)19)10-11-7-8-12(20-5-2)13(9-11)21-6-3/h7-9,14H,4-6,10H2,1-3H3/t14-/m1/s1. The van der Waals surface area contributed by atoms with Gasteiger partial charge in [0, 0.05) is 6.54 Å². The van der Waals surface area contributed by atoms with Crippen LogP contribution in [0.1, 0.15) is 26.3 Å². The zero-order valence-corrected chi connectivity index (χ0v) is 13.9. The molecular weight excluding hydrogens is 302 g/mol.